The van der Waals surface area contributed by atoms with Crippen LogP contribution in [0, 0.1) is 0 Å². The quantitative estimate of drug-likeness (QED) is 0.0793. The predicted molar refractivity (Wildman–Crippen MR) is 177 cm³/mol. The first-order chi connectivity index (χ1) is 19.7. The van der Waals surface area contributed by atoms with Gasteiger partial charge in [0.2, 0.25) is 0 Å². The van der Waals surface area contributed by atoms with E-state index in [1.54, 1.807) is 0 Å². The third-order valence-corrected chi connectivity index (χ3v) is 9.75. The molecule has 7 rings (SSSR count). The zero-order valence-electron chi connectivity index (χ0n) is 22.9. The standard InChI is InChI=1S/C32H30O4S4/c1-5-37-33-29-19-13-9-17-11-15-21-27-23(17)25(19)26-20(30(29)34-38-6-2)14-10-18-12-16-22(28(27)24(18)26)32(36-40-8-4)31(21)35-39-7-3/h9-15,29H,5-8,16H2,1-4H3. The summed E-state index contributed by atoms with van der Waals surface area (Å²) in [6.07, 6.45) is 2.86. The summed E-state index contributed by atoms with van der Waals surface area (Å²) < 4.78 is 25.8. The summed E-state index contributed by atoms with van der Waals surface area (Å²) in [7, 11) is 0. The fraction of sp³-hybridized carbons (Fsp3) is 0.312. The van der Waals surface area contributed by atoms with Crippen molar-refractivity contribution in [2.24, 2.45) is 0 Å². The highest BCUT2D eigenvalue weighted by Crippen LogP contribution is 2.54. The molecular formula is C32H30O4S4. The summed E-state index contributed by atoms with van der Waals surface area (Å²) >= 11 is 5.91. The third kappa shape index (κ3) is 3.90. The second-order valence-corrected chi connectivity index (χ2v) is 13.6. The van der Waals surface area contributed by atoms with Crippen molar-refractivity contribution in [2.45, 2.75) is 40.2 Å². The first-order valence-electron chi connectivity index (χ1n) is 13.9. The average molecular weight is 607 g/mol. The Bertz CT molecular complexity index is 1900. The maximum atomic E-state index is 6.49. The highest BCUT2D eigenvalue weighted by atomic mass is 32.2. The fourth-order valence-corrected chi connectivity index (χ4v) is 7.93. The molecule has 0 saturated heterocycles. The molecule has 0 amide bonds. The fourth-order valence-electron chi connectivity index (χ4n) is 6.23. The van der Waals surface area contributed by atoms with Crippen LogP contribution >= 0.6 is 48.2 Å². The highest BCUT2D eigenvalue weighted by molar-refractivity contribution is 7.95. The lowest BCUT2D eigenvalue weighted by atomic mass is 9.79. The van der Waals surface area contributed by atoms with Crippen LogP contribution in [-0.2, 0) is 14.8 Å². The Hall–Kier alpha value is -2.10. The Morgan fingerprint density at radius 3 is 2.15 bits per heavy atom. The molecule has 206 valence electrons. The highest BCUT2D eigenvalue weighted by Gasteiger charge is 2.34. The number of hydrogen-bond acceptors (Lipinski definition) is 8. The Labute approximate surface area is 251 Å². The molecule has 0 spiro atoms. The van der Waals surface area contributed by atoms with Crippen LogP contribution in [0.1, 0.15) is 44.9 Å². The van der Waals surface area contributed by atoms with Gasteiger partial charge in [-0.2, -0.15) is 0 Å². The minimum Gasteiger partial charge on any atom is -0.426 e. The first-order valence-corrected chi connectivity index (χ1v) is 17.5. The van der Waals surface area contributed by atoms with Crippen molar-refractivity contribution in [3.8, 4) is 11.5 Å². The minimum absolute atomic E-state index is 0.285. The maximum absolute atomic E-state index is 6.49. The van der Waals surface area contributed by atoms with Crippen molar-refractivity contribution in [2.75, 3.05) is 23.0 Å². The Kier molecular flexibility index (Phi) is 7.33. The lowest BCUT2D eigenvalue weighted by Crippen LogP contribution is -2.24. The van der Waals surface area contributed by atoms with Crippen molar-refractivity contribution >= 4 is 103 Å². The van der Waals surface area contributed by atoms with E-state index in [9.17, 15) is 0 Å². The van der Waals surface area contributed by atoms with Crippen molar-refractivity contribution in [3.05, 3.63) is 58.0 Å². The van der Waals surface area contributed by atoms with Gasteiger partial charge in [0.05, 0.1) is 36.1 Å². The summed E-state index contributed by atoms with van der Waals surface area (Å²) in [6, 6.07) is 13.4. The van der Waals surface area contributed by atoms with Gasteiger partial charge in [-0.05, 0) is 62.2 Å². The summed E-state index contributed by atoms with van der Waals surface area (Å²) in [5.74, 6) is 6.01. The predicted octanol–water partition coefficient (Wildman–Crippen LogP) is 8.70. The maximum Gasteiger partial charge on any atom is 0.188 e. The molecule has 40 heavy (non-hydrogen) atoms. The summed E-state index contributed by atoms with van der Waals surface area (Å²) in [4.78, 5) is 0. The van der Waals surface area contributed by atoms with E-state index in [1.165, 1.54) is 102 Å². The zero-order valence-corrected chi connectivity index (χ0v) is 26.2. The second kappa shape index (κ2) is 11.0. The van der Waals surface area contributed by atoms with Crippen LogP contribution < -0.4 is 18.8 Å². The average Bonchev–Trinajstić information content (AvgIpc) is 2.99. The molecule has 5 aromatic carbocycles. The van der Waals surface area contributed by atoms with Crippen LogP contribution in [0.4, 0.5) is 0 Å². The van der Waals surface area contributed by atoms with Gasteiger partial charge in [-0.1, -0.05) is 64.1 Å². The topological polar surface area (TPSA) is 36.9 Å². The molecule has 0 fully saturated rings. The van der Waals surface area contributed by atoms with E-state index in [1.807, 2.05) is 0 Å². The molecule has 0 saturated carbocycles. The number of rotatable bonds is 12. The van der Waals surface area contributed by atoms with E-state index in [4.69, 9.17) is 16.7 Å². The molecule has 2 aliphatic rings. The van der Waals surface area contributed by atoms with Crippen LogP contribution in [0.3, 0.4) is 0 Å². The third-order valence-electron chi connectivity index (χ3n) is 7.61. The van der Waals surface area contributed by atoms with Gasteiger partial charge in [0.25, 0.3) is 0 Å². The molecule has 5 aromatic rings. The SMILES string of the molecule is CCSOC1=c2ccc3c4c5c(c(OSCC)c(OSCC)c6ccc7ccc(c(c24)c7c65)C1OSCC)CC=3. The van der Waals surface area contributed by atoms with Gasteiger partial charge in [-0.15, -0.1) is 0 Å². The molecule has 1 unspecified atom stereocenters. The van der Waals surface area contributed by atoms with Gasteiger partial charge < -0.3 is 12.5 Å². The lowest BCUT2D eigenvalue weighted by molar-refractivity contribution is 0.278. The van der Waals surface area contributed by atoms with E-state index in [2.05, 4.69) is 70.2 Å². The van der Waals surface area contributed by atoms with E-state index in [0.717, 1.165) is 57.3 Å². The second-order valence-electron chi connectivity index (χ2n) is 9.71. The minimum atomic E-state index is -0.285. The van der Waals surface area contributed by atoms with Gasteiger partial charge in [0.15, 0.2) is 23.4 Å². The smallest absolute Gasteiger partial charge is 0.188 e. The van der Waals surface area contributed by atoms with E-state index in [0.29, 0.717) is 0 Å². The summed E-state index contributed by atoms with van der Waals surface area (Å²) in [5, 5.41) is 12.3. The molecule has 2 aliphatic carbocycles. The van der Waals surface area contributed by atoms with E-state index in [-0.39, 0.29) is 6.10 Å². The van der Waals surface area contributed by atoms with Crippen molar-refractivity contribution in [3.63, 3.8) is 0 Å². The van der Waals surface area contributed by atoms with Crippen molar-refractivity contribution in [1.82, 2.24) is 0 Å². The monoisotopic (exact) mass is 606 g/mol. The molecular weight excluding hydrogens is 577 g/mol. The van der Waals surface area contributed by atoms with Gasteiger partial charge >= 0.3 is 0 Å². The Morgan fingerprint density at radius 2 is 1.38 bits per heavy atom. The van der Waals surface area contributed by atoms with Crippen LogP contribution in [0.5, 0.6) is 11.5 Å². The summed E-state index contributed by atoms with van der Waals surface area (Å²) in [5.41, 5.74) is 2.37. The molecule has 0 heterocycles. The van der Waals surface area contributed by atoms with Crippen LogP contribution in [0.25, 0.3) is 54.9 Å². The van der Waals surface area contributed by atoms with Crippen molar-refractivity contribution in [1.29, 1.82) is 0 Å². The zero-order chi connectivity index (χ0) is 27.4. The van der Waals surface area contributed by atoms with Gasteiger partial charge in [0.1, 0.15) is 0 Å². The number of hydrogen-bond donors (Lipinski definition) is 0. The summed E-state index contributed by atoms with van der Waals surface area (Å²) in [6.45, 7) is 8.46. The molecule has 0 radical (unpaired) electrons. The van der Waals surface area contributed by atoms with Gasteiger partial charge in [0, 0.05) is 50.0 Å². The molecule has 0 aromatic heterocycles. The molecule has 4 nitrogen and oxygen atoms in total. The normalized spacial score (nSPS) is 15.7. The Balaban J connectivity index is 1.72. The van der Waals surface area contributed by atoms with E-state index < -0.39 is 0 Å². The van der Waals surface area contributed by atoms with Gasteiger partial charge in [-0.25, -0.2) is 0 Å². The molecule has 1 atom stereocenters. The van der Waals surface area contributed by atoms with Crippen LogP contribution in [0.15, 0.2) is 36.4 Å². The number of benzene rings is 5. The largest absolute Gasteiger partial charge is 0.426 e. The van der Waals surface area contributed by atoms with E-state index >= 15 is 0 Å². The molecule has 0 bridgehead atoms. The van der Waals surface area contributed by atoms with Gasteiger partial charge in [-0.3, -0.25) is 4.18 Å². The first kappa shape index (κ1) is 26.8. The Morgan fingerprint density at radius 1 is 0.650 bits per heavy atom. The molecule has 8 heteroatoms. The van der Waals surface area contributed by atoms with Crippen molar-refractivity contribution < 1.29 is 16.7 Å². The lowest BCUT2D eigenvalue weighted by Gasteiger charge is -2.30. The van der Waals surface area contributed by atoms with Crippen LogP contribution in [0.2, 0.25) is 0 Å². The molecule has 0 N–H and O–H groups in total. The molecule has 0 aliphatic heterocycles. The van der Waals surface area contributed by atoms with Crippen LogP contribution in [-0.4, -0.2) is 23.0 Å².